The van der Waals surface area contributed by atoms with E-state index >= 15 is 0 Å². The third kappa shape index (κ3) is 3.85. The van der Waals surface area contributed by atoms with Crippen LogP contribution in [0, 0.1) is 0 Å². The third-order valence-corrected chi connectivity index (χ3v) is 4.85. The number of hydroxylamine groups is 2. The van der Waals surface area contributed by atoms with Crippen molar-refractivity contribution in [3.05, 3.63) is 0 Å². The van der Waals surface area contributed by atoms with Crippen LogP contribution in [-0.4, -0.2) is 93.5 Å². The lowest BCUT2D eigenvalue weighted by Crippen LogP contribution is -2.59. The zero-order valence-corrected chi connectivity index (χ0v) is 15.5. The Hall–Kier alpha value is -2.07. The number of nitrogens with one attached hydrogen (secondary N) is 1. The van der Waals surface area contributed by atoms with Crippen LogP contribution in [-0.2, 0) is 9.53 Å². The monoisotopic (exact) mass is 369 g/mol. The van der Waals surface area contributed by atoms with Gasteiger partial charge in [-0.05, 0) is 33.6 Å². The fourth-order valence-corrected chi connectivity index (χ4v) is 3.48. The molecule has 0 aromatic heterocycles. The van der Waals surface area contributed by atoms with Crippen LogP contribution < -0.4 is 5.43 Å². The van der Waals surface area contributed by atoms with Crippen molar-refractivity contribution in [2.75, 3.05) is 32.7 Å². The average Bonchev–Trinajstić information content (AvgIpc) is 2.78. The molecule has 2 bridgehead atoms. The first-order chi connectivity index (χ1) is 12.2. The van der Waals surface area contributed by atoms with E-state index in [0.717, 1.165) is 5.06 Å². The van der Waals surface area contributed by atoms with Crippen molar-refractivity contribution in [2.45, 2.75) is 51.3 Å². The molecule has 10 nitrogen and oxygen atoms in total. The number of ether oxygens (including phenoxy) is 1. The molecule has 0 spiro atoms. The number of urea groups is 1. The summed E-state index contributed by atoms with van der Waals surface area (Å²) < 4.78 is 5.35. The number of carbonyl (C=O) groups excluding carboxylic acids is 3. The Kier molecular flexibility index (Phi) is 4.98. The van der Waals surface area contributed by atoms with Crippen molar-refractivity contribution in [1.82, 2.24) is 25.3 Å². The summed E-state index contributed by atoms with van der Waals surface area (Å²) >= 11 is 0. The minimum Gasteiger partial charge on any atom is -0.444 e. The van der Waals surface area contributed by atoms with Crippen LogP contribution in [0.4, 0.5) is 9.59 Å². The molecule has 3 fully saturated rings. The number of carbonyl (C=O) groups is 3. The zero-order chi connectivity index (χ0) is 19.1. The van der Waals surface area contributed by atoms with E-state index in [-0.39, 0.29) is 18.0 Å². The number of hydrogen-bond donors (Lipinski definition) is 2. The summed E-state index contributed by atoms with van der Waals surface area (Å²) in [6, 6.07) is -1.30. The van der Waals surface area contributed by atoms with Gasteiger partial charge in [0.1, 0.15) is 11.6 Å². The van der Waals surface area contributed by atoms with Gasteiger partial charge in [0.25, 0.3) is 5.91 Å². The lowest BCUT2D eigenvalue weighted by atomic mass is 10.0. The molecule has 26 heavy (non-hydrogen) atoms. The molecule has 0 aromatic carbocycles. The quantitative estimate of drug-likeness (QED) is 0.675. The molecule has 0 radical (unpaired) electrons. The highest BCUT2D eigenvalue weighted by Crippen LogP contribution is 2.28. The second kappa shape index (κ2) is 6.92. The molecule has 0 aliphatic carbocycles. The van der Waals surface area contributed by atoms with Gasteiger partial charge in [0.05, 0.1) is 6.04 Å². The maximum atomic E-state index is 12.6. The third-order valence-electron chi connectivity index (χ3n) is 4.85. The molecule has 146 valence electrons. The zero-order valence-electron chi connectivity index (χ0n) is 15.5. The van der Waals surface area contributed by atoms with Crippen molar-refractivity contribution in [3.8, 4) is 0 Å². The number of nitrogens with zero attached hydrogens (tertiary/aromatic N) is 4. The molecule has 2 N–H and O–H groups in total. The van der Waals surface area contributed by atoms with E-state index in [2.05, 4.69) is 5.43 Å². The molecule has 0 unspecified atom stereocenters. The molecule has 2 atom stereocenters. The van der Waals surface area contributed by atoms with Crippen LogP contribution in [0.5, 0.6) is 0 Å². The van der Waals surface area contributed by atoms with Gasteiger partial charge in [-0.3, -0.25) is 15.4 Å². The van der Waals surface area contributed by atoms with Gasteiger partial charge in [0.2, 0.25) is 0 Å². The summed E-state index contributed by atoms with van der Waals surface area (Å²) in [6.45, 7) is 7.72. The van der Waals surface area contributed by atoms with E-state index in [1.807, 2.05) is 20.8 Å². The van der Waals surface area contributed by atoms with Gasteiger partial charge < -0.3 is 14.5 Å². The number of piperazine rings is 1. The van der Waals surface area contributed by atoms with Crippen LogP contribution in [0.1, 0.15) is 33.6 Å². The summed E-state index contributed by atoms with van der Waals surface area (Å²) in [5.41, 5.74) is 2.30. The van der Waals surface area contributed by atoms with Crippen molar-refractivity contribution >= 4 is 18.0 Å². The molecule has 4 amide bonds. The highest BCUT2D eigenvalue weighted by molar-refractivity contribution is 5.88. The maximum Gasteiger partial charge on any atom is 0.410 e. The fourth-order valence-electron chi connectivity index (χ4n) is 3.48. The van der Waals surface area contributed by atoms with E-state index < -0.39 is 17.7 Å². The first-order valence-corrected chi connectivity index (χ1v) is 8.98. The smallest absolute Gasteiger partial charge is 0.410 e. The maximum absolute atomic E-state index is 12.6. The lowest BCUT2D eigenvalue weighted by Gasteiger charge is -2.37. The van der Waals surface area contributed by atoms with Gasteiger partial charge in [-0.2, -0.15) is 0 Å². The molecule has 3 heterocycles. The van der Waals surface area contributed by atoms with Crippen LogP contribution in [0.3, 0.4) is 0 Å². The van der Waals surface area contributed by atoms with Crippen LogP contribution in [0.2, 0.25) is 0 Å². The second-order valence-corrected chi connectivity index (χ2v) is 7.96. The normalized spacial score (nSPS) is 26.9. The summed E-state index contributed by atoms with van der Waals surface area (Å²) in [7, 11) is 0. The Labute approximate surface area is 152 Å². The summed E-state index contributed by atoms with van der Waals surface area (Å²) in [4.78, 5) is 39.6. The minimum absolute atomic E-state index is 0.219. The molecule has 3 saturated heterocycles. The highest BCUT2D eigenvalue weighted by atomic mass is 16.6. The van der Waals surface area contributed by atoms with Gasteiger partial charge in [-0.15, -0.1) is 0 Å². The van der Waals surface area contributed by atoms with E-state index in [9.17, 15) is 19.6 Å². The van der Waals surface area contributed by atoms with E-state index in [1.54, 1.807) is 9.91 Å². The molecular weight excluding hydrogens is 342 g/mol. The predicted octanol–water partition coefficient (Wildman–Crippen LogP) is 0.228. The molecule has 3 aliphatic rings. The molecule has 0 saturated carbocycles. The SMILES string of the molecule is CC(C)(C)OC(=O)N1CCN(NC(=O)[C@@H]2CC[C@@H]3CN2C(=O)N3O)CC1. The van der Waals surface area contributed by atoms with Crippen LogP contribution in [0.15, 0.2) is 0 Å². The van der Waals surface area contributed by atoms with E-state index in [1.165, 1.54) is 4.90 Å². The van der Waals surface area contributed by atoms with Gasteiger partial charge in [-0.25, -0.2) is 19.7 Å². The molecule has 0 aromatic rings. The largest absolute Gasteiger partial charge is 0.444 e. The predicted molar refractivity (Wildman–Crippen MR) is 90.1 cm³/mol. The minimum atomic E-state index is -0.570. The summed E-state index contributed by atoms with van der Waals surface area (Å²) in [5.74, 6) is -0.252. The lowest BCUT2D eigenvalue weighted by molar-refractivity contribution is -0.131. The van der Waals surface area contributed by atoms with Gasteiger partial charge in [0, 0.05) is 32.7 Å². The van der Waals surface area contributed by atoms with E-state index in [4.69, 9.17) is 4.74 Å². The Balaban J connectivity index is 1.48. The number of hydrazine groups is 1. The summed E-state index contributed by atoms with van der Waals surface area (Å²) in [6.07, 6.45) is 0.771. The Morgan fingerprint density at radius 2 is 1.81 bits per heavy atom. The number of piperidine rings is 1. The standard InChI is InChI=1S/C16H27N5O5/c1-16(2,3)26-15(24)18-6-8-19(9-7-18)17-13(22)12-5-4-11-10-20(12)14(23)21(11)25/h11-12,25H,4-10H2,1-3H3,(H,17,22)/t11-,12+/m1/s1. The van der Waals surface area contributed by atoms with Crippen LogP contribution >= 0.6 is 0 Å². The van der Waals surface area contributed by atoms with Crippen molar-refractivity contribution in [2.24, 2.45) is 0 Å². The molecule has 3 aliphatic heterocycles. The molecule has 10 heteroatoms. The number of amides is 4. The topological polar surface area (TPSA) is 106 Å². The number of rotatable bonds is 2. The molecular formula is C16H27N5O5. The fraction of sp³-hybridized carbons (Fsp3) is 0.812. The van der Waals surface area contributed by atoms with Gasteiger partial charge >= 0.3 is 12.1 Å². The molecule has 3 rings (SSSR count). The Morgan fingerprint density at radius 1 is 1.15 bits per heavy atom. The van der Waals surface area contributed by atoms with Crippen molar-refractivity contribution < 1.29 is 24.3 Å². The Morgan fingerprint density at radius 3 is 2.42 bits per heavy atom. The Bertz CT molecular complexity index is 584. The van der Waals surface area contributed by atoms with Gasteiger partial charge in [-0.1, -0.05) is 0 Å². The first-order valence-electron chi connectivity index (χ1n) is 8.98. The number of fused-ring (bicyclic) bond motifs is 2. The average molecular weight is 369 g/mol. The first kappa shape index (κ1) is 18.7. The van der Waals surface area contributed by atoms with Gasteiger partial charge in [0.15, 0.2) is 0 Å². The highest BCUT2D eigenvalue weighted by Gasteiger charge is 2.47. The van der Waals surface area contributed by atoms with Crippen molar-refractivity contribution in [1.29, 1.82) is 0 Å². The van der Waals surface area contributed by atoms with Crippen LogP contribution in [0.25, 0.3) is 0 Å². The summed E-state index contributed by atoms with van der Waals surface area (Å²) in [5, 5.41) is 12.2. The second-order valence-electron chi connectivity index (χ2n) is 7.96. The number of hydrogen-bond acceptors (Lipinski definition) is 6. The van der Waals surface area contributed by atoms with Crippen molar-refractivity contribution in [3.63, 3.8) is 0 Å². The van der Waals surface area contributed by atoms with E-state index in [0.29, 0.717) is 45.6 Å².